The number of nitrogens with zero attached hydrogens (tertiary/aromatic N) is 2. The minimum absolute atomic E-state index is 0.206. The molecule has 0 bridgehead atoms. The fraction of sp³-hybridized carbons (Fsp3) is 0.357. The Kier molecular flexibility index (Phi) is 2.58. The van der Waals surface area contributed by atoms with E-state index < -0.39 is 0 Å². The van der Waals surface area contributed by atoms with E-state index in [2.05, 4.69) is 57.1 Å². The normalized spacial score (nSPS) is 11.8. The molecule has 1 aromatic heterocycles. The largest absolute Gasteiger partial charge is 0.238 e. The van der Waals surface area contributed by atoms with E-state index in [-0.39, 0.29) is 5.41 Å². The molecule has 0 amide bonds. The molecule has 0 aliphatic carbocycles. The van der Waals surface area contributed by atoms with Crippen molar-refractivity contribution in [2.75, 3.05) is 0 Å². The van der Waals surface area contributed by atoms with E-state index in [9.17, 15) is 0 Å². The van der Waals surface area contributed by atoms with E-state index in [4.69, 9.17) is 0 Å². The topological polar surface area (TPSA) is 17.8 Å². The zero-order valence-electron chi connectivity index (χ0n) is 10.4. The molecule has 84 valence electrons. The van der Waals surface area contributed by atoms with Gasteiger partial charge in [-0.15, -0.1) is 0 Å². The molecule has 0 aliphatic heterocycles. The standard InChI is InChI=1S/C14H18N2/c1-11-9-10-15-16(11)13-7-5-12(6-8-13)14(2,3)4/h5-10H,1-4H3. The first-order valence-electron chi connectivity index (χ1n) is 5.60. The SMILES string of the molecule is Cc1ccnn1-c1ccc(C(C)(C)C)cc1. The molecule has 2 aromatic rings. The van der Waals surface area contributed by atoms with Gasteiger partial charge in [0.25, 0.3) is 0 Å². The average Bonchev–Trinajstić information content (AvgIpc) is 2.63. The predicted octanol–water partition coefficient (Wildman–Crippen LogP) is 3.48. The van der Waals surface area contributed by atoms with E-state index in [1.54, 1.807) is 0 Å². The van der Waals surface area contributed by atoms with Crippen LogP contribution in [-0.4, -0.2) is 9.78 Å². The number of hydrogen-bond acceptors (Lipinski definition) is 1. The molecule has 1 heterocycles. The Bertz CT molecular complexity index is 472. The molecule has 0 unspecified atom stereocenters. The molecule has 0 fully saturated rings. The van der Waals surface area contributed by atoms with Gasteiger partial charge in [-0.3, -0.25) is 0 Å². The summed E-state index contributed by atoms with van der Waals surface area (Å²) >= 11 is 0. The first-order valence-corrected chi connectivity index (χ1v) is 5.60. The van der Waals surface area contributed by atoms with Crippen LogP contribution in [-0.2, 0) is 5.41 Å². The van der Waals surface area contributed by atoms with Crippen molar-refractivity contribution >= 4 is 0 Å². The maximum atomic E-state index is 4.29. The van der Waals surface area contributed by atoms with Crippen LogP contribution in [0.1, 0.15) is 32.0 Å². The molecule has 0 N–H and O–H groups in total. The molecule has 2 nitrogen and oxygen atoms in total. The van der Waals surface area contributed by atoms with Crippen LogP contribution < -0.4 is 0 Å². The highest BCUT2D eigenvalue weighted by molar-refractivity contribution is 5.37. The van der Waals surface area contributed by atoms with Crippen LogP contribution in [0.25, 0.3) is 5.69 Å². The Morgan fingerprint density at radius 1 is 1.00 bits per heavy atom. The lowest BCUT2D eigenvalue weighted by molar-refractivity contribution is 0.590. The fourth-order valence-electron chi connectivity index (χ4n) is 1.74. The number of hydrogen-bond donors (Lipinski definition) is 0. The number of aromatic nitrogens is 2. The summed E-state index contributed by atoms with van der Waals surface area (Å²) < 4.78 is 1.95. The van der Waals surface area contributed by atoms with Crippen molar-refractivity contribution in [2.45, 2.75) is 33.1 Å². The third-order valence-electron chi connectivity index (χ3n) is 2.81. The van der Waals surface area contributed by atoms with Crippen molar-refractivity contribution in [1.82, 2.24) is 9.78 Å². The van der Waals surface area contributed by atoms with Gasteiger partial charge in [0.1, 0.15) is 0 Å². The summed E-state index contributed by atoms with van der Waals surface area (Å²) in [6.45, 7) is 8.73. The maximum Gasteiger partial charge on any atom is 0.0648 e. The summed E-state index contributed by atoms with van der Waals surface area (Å²) in [6.07, 6.45) is 1.83. The zero-order valence-corrected chi connectivity index (χ0v) is 10.4. The van der Waals surface area contributed by atoms with E-state index in [0.29, 0.717) is 0 Å². The van der Waals surface area contributed by atoms with E-state index in [1.807, 2.05) is 16.9 Å². The molecule has 2 heteroatoms. The Hall–Kier alpha value is -1.57. The van der Waals surface area contributed by atoms with Crippen LogP contribution >= 0.6 is 0 Å². The second kappa shape index (κ2) is 3.78. The van der Waals surface area contributed by atoms with Gasteiger partial charge in [0.15, 0.2) is 0 Å². The minimum atomic E-state index is 0.206. The highest BCUT2D eigenvalue weighted by atomic mass is 15.3. The van der Waals surface area contributed by atoms with Crippen molar-refractivity contribution in [3.63, 3.8) is 0 Å². The molecule has 0 saturated heterocycles. The van der Waals surface area contributed by atoms with Crippen molar-refractivity contribution in [3.8, 4) is 5.69 Å². The summed E-state index contributed by atoms with van der Waals surface area (Å²) in [7, 11) is 0. The van der Waals surface area contributed by atoms with Gasteiger partial charge in [-0.05, 0) is 36.1 Å². The number of rotatable bonds is 1. The van der Waals surface area contributed by atoms with Gasteiger partial charge in [0.2, 0.25) is 0 Å². The molecule has 0 spiro atoms. The van der Waals surface area contributed by atoms with Crippen molar-refractivity contribution in [1.29, 1.82) is 0 Å². The molecule has 2 rings (SSSR count). The molecule has 0 atom stereocenters. The summed E-state index contributed by atoms with van der Waals surface area (Å²) in [4.78, 5) is 0. The van der Waals surface area contributed by atoms with Gasteiger partial charge in [-0.2, -0.15) is 5.10 Å². The van der Waals surface area contributed by atoms with E-state index in [0.717, 1.165) is 11.4 Å². The van der Waals surface area contributed by atoms with Gasteiger partial charge in [0, 0.05) is 11.9 Å². The second-order valence-electron chi connectivity index (χ2n) is 5.18. The Morgan fingerprint density at radius 2 is 1.62 bits per heavy atom. The van der Waals surface area contributed by atoms with Gasteiger partial charge in [-0.25, -0.2) is 4.68 Å². The quantitative estimate of drug-likeness (QED) is 0.710. The molecule has 16 heavy (non-hydrogen) atoms. The Balaban J connectivity index is 2.37. The van der Waals surface area contributed by atoms with Crippen molar-refractivity contribution in [3.05, 3.63) is 47.8 Å². The van der Waals surface area contributed by atoms with Crippen LogP contribution in [0.5, 0.6) is 0 Å². The lowest BCUT2D eigenvalue weighted by atomic mass is 9.87. The van der Waals surface area contributed by atoms with Crippen LogP contribution in [0.2, 0.25) is 0 Å². The molecule has 0 aliphatic rings. The average molecular weight is 214 g/mol. The molecule has 0 radical (unpaired) electrons. The summed E-state index contributed by atoms with van der Waals surface area (Å²) in [5, 5.41) is 4.29. The molecule has 0 saturated carbocycles. The third kappa shape index (κ3) is 2.01. The van der Waals surface area contributed by atoms with Crippen molar-refractivity contribution < 1.29 is 0 Å². The lowest BCUT2D eigenvalue weighted by Gasteiger charge is -2.19. The van der Waals surface area contributed by atoms with Crippen LogP contribution in [0.4, 0.5) is 0 Å². The van der Waals surface area contributed by atoms with Gasteiger partial charge >= 0.3 is 0 Å². The van der Waals surface area contributed by atoms with E-state index >= 15 is 0 Å². The highest BCUT2D eigenvalue weighted by Crippen LogP contribution is 2.23. The summed E-state index contributed by atoms with van der Waals surface area (Å²) in [5.74, 6) is 0. The number of benzene rings is 1. The highest BCUT2D eigenvalue weighted by Gasteiger charge is 2.13. The second-order valence-corrected chi connectivity index (χ2v) is 5.18. The lowest BCUT2D eigenvalue weighted by Crippen LogP contribution is -2.11. The van der Waals surface area contributed by atoms with E-state index in [1.165, 1.54) is 5.56 Å². The molecular formula is C14H18N2. The fourth-order valence-corrected chi connectivity index (χ4v) is 1.74. The third-order valence-corrected chi connectivity index (χ3v) is 2.81. The maximum absolute atomic E-state index is 4.29. The summed E-state index contributed by atoms with van der Waals surface area (Å²) in [5.41, 5.74) is 3.83. The van der Waals surface area contributed by atoms with Gasteiger partial charge in [0.05, 0.1) is 5.69 Å². The molecule has 1 aromatic carbocycles. The van der Waals surface area contributed by atoms with Crippen LogP contribution in [0.3, 0.4) is 0 Å². The zero-order chi connectivity index (χ0) is 11.8. The summed E-state index contributed by atoms with van der Waals surface area (Å²) in [6, 6.07) is 10.6. The smallest absolute Gasteiger partial charge is 0.0648 e. The predicted molar refractivity (Wildman–Crippen MR) is 67.0 cm³/mol. The van der Waals surface area contributed by atoms with Gasteiger partial charge < -0.3 is 0 Å². The van der Waals surface area contributed by atoms with Crippen LogP contribution in [0, 0.1) is 6.92 Å². The minimum Gasteiger partial charge on any atom is -0.238 e. The first-order chi connectivity index (χ1) is 7.48. The van der Waals surface area contributed by atoms with Crippen molar-refractivity contribution in [2.24, 2.45) is 0 Å². The number of aryl methyl sites for hydroxylation is 1. The Labute approximate surface area is 96.9 Å². The Morgan fingerprint density at radius 3 is 2.06 bits per heavy atom. The van der Waals surface area contributed by atoms with Gasteiger partial charge in [-0.1, -0.05) is 32.9 Å². The first kappa shape index (κ1) is 10.9. The molecular weight excluding hydrogens is 196 g/mol. The monoisotopic (exact) mass is 214 g/mol. The van der Waals surface area contributed by atoms with Crippen LogP contribution in [0.15, 0.2) is 36.5 Å².